The average molecular weight is 390 g/mol. The van der Waals surface area contributed by atoms with Gasteiger partial charge in [0.1, 0.15) is 5.52 Å². The fraction of sp³-hybridized carbons (Fsp3) is 0.167. The summed E-state index contributed by atoms with van der Waals surface area (Å²) >= 11 is 7.11. The number of carbonyl (C=O) groups excluding carboxylic acids is 2. The van der Waals surface area contributed by atoms with Crippen LogP contribution in [0.1, 0.15) is 10.4 Å². The standard InChI is InChI=1S/C18H16ClN3O3S/c1-22(2)17(24)11-3-6-13(7-4-11)20-16(23)10-26-18-21-14-8-5-12(19)9-15(14)25-18/h3-9H,10H2,1-2H3,(H,20,23). The molecule has 0 bridgehead atoms. The predicted molar refractivity (Wildman–Crippen MR) is 103 cm³/mol. The summed E-state index contributed by atoms with van der Waals surface area (Å²) < 4.78 is 5.56. The molecule has 0 spiro atoms. The molecule has 3 rings (SSSR count). The van der Waals surface area contributed by atoms with Crippen LogP contribution in [0, 0.1) is 0 Å². The van der Waals surface area contributed by atoms with Crippen LogP contribution in [-0.2, 0) is 4.79 Å². The van der Waals surface area contributed by atoms with E-state index in [1.807, 2.05) is 0 Å². The molecule has 26 heavy (non-hydrogen) atoms. The number of benzene rings is 2. The second-order valence-electron chi connectivity index (χ2n) is 5.71. The van der Waals surface area contributed by atoms with Crippen LogP contribution in [0.4, 0.5) is 5.69 Å². The van der Waals surface area contributed by atoms with Gasteiger partial charge in [-0.25, -0.2) is 4.98 Å². The summed E-state index contributed by atoms with van der Waals surface area (Å²) in [6.07, 6.45) is 0. The highest BCUT2D eigenvalue weighted by Crippen LogP contribution is 2.25. The van der Waals surface area contributed by atoms with E-state index in [2.05, 4.69) is 10.3 Å². The third-order valence-electron chi connectivity index (χ3n) is 3.48. The van der Waals surface area contributed by atoms with Gasteiger partial charge in [0.05, 0.1) is 5.75 Å². The lowest BCUT2D eigenvalue weighted by molar-refractivity contribution is -0.113. The molecule has 0 aliphatic heterocycles. The van der Waals surface area contributed by atoms with Crippen LogP contribution in [-0.4, -0.2) is 41.5 Å². The minimum Gasteiger partial charge on any atom is -0.431 e. The van der Waals surface area contributed by atoms with Gasteiger partial charge < -0.3 is 14.6 Å². The van der Waals surface area contributed by atoms with Gasteiger partial charge in [-0.15, -0.1) is 0 Å². The molecule has 0 aliphatic carbocycles. The maximum absolute atomic E-state index is 12.1. The second kappa shape index (κ2) is 7.80. The molecule has 2 aromatic carbocycles. The van der Waals surface area contributed by atoms with Crippen molar-refractivity contribution in [3.8, 4) is 0 Å². The summed E-state index contributed by atoms with van der Waals surface area (Å²) in [4.78, 5) is 29.7. The van der Waals surface area contributed by atoms with E-state index in [4.69, 9.17) is 16.0 Å². The molecule has 0 fully saturated rings. The highest BCUT2D eigenvalue weighted by Gasteiger charge is 2.11. The summed E-state index contributed by atoms with van der Waals surface area (Å²) in [5.74, 6) is -0.129. The SMILES string of the molecule is CN(C)C(=O)c1ccc(NC(=O)CSc2nc3ccc(Cl)cc3o2)cc1. The smallest absolute Gasteiger partial charge is 0.257 e. The summed E-state index contributed by atoms with van der Waals surface area (Å²) in [7, 11) is 3.38. The number of anilines is 1. The predicted octanol–water partition coefficient (Wildman–Crippen LogP) is 3.91. The monoisotopic (exact) mass is 389 g/mol. The van der Waals surface area contributed by atoms with Crippen molar-refractivity contribution < 1.29 is 14.0 Å². The maximum atomic E-state index is 12.1. The Bertz CT molecular complexity index is 954. The van der Waals surface area contributed by atoms with Gasteiger partial charge in [-0.05, 0) is 36.4 Å². The molecular weight excluding hydrogens is 374 g/mol. The first-order chi connectivity index (χ1) is 12.4. The number of oxazole rings is 1. The van der Waals surface area contributed by atoms with E-state index in [-0.39, 0.29) is 17.6 Å². The molecule has 134 valence electrons. The van der Waals surface area contributed by atoms with Gasteiger partial charge >= 0.3 is 0 Å². The van der Waals surface area contributed by atoms with E-state index in [0.29, 0.717) is 32.6 Å². The normalized spacial score (nSPS) is 10.7. The van der Waals surface area contributed by atoms with Gasteiger partial charge in [0.15, 0.2) is 5.58 Å². The molecule has 0 saturated carbocycles. The zero-order valence-corrected chi connectivity index (χ0v) is 15.7. The summed E-state index contributed by atoms with van der Waals surface area (Å²) in [5, 5.41) is 3.75. The number of hydrogen-bond donors (Lipinski definition) is 1. The van der Waals surface area contributed by atoms with E-state index in [9.17, 15) is 9.59 Å². The van der Waals surface area contributed by atoms with Crippen LogP contribution in [0.2, 0.25) is 5.02 Å². The van der Waals surface area contributed by atoms with E-state index in [1.54, 1.807) is 56.6 Å². The molecule has 0 radical (unpaired) electrons. The summed E-state index contributed by atoms with van der Waals surface area (Å²) in [5.41, 5.74) is 2.46. The van der Waals surface area contributed by atoms with E-state index in [0.717, 1.165) is 0 Å². The van der Waals surface area contributed by atoms with Gasteiger partial charge in [0.2, 0.25) is 5.91 Å². The van der Waals surface area contributed by atoms with Gasteiger partial charge in [0, 0.05) is 36.4 Å². The van der Waals surface area contributed by atoms with E-state index < -0.39 is 0 Å². The Labute approximate surface area is 159 Å². The third kappa shape index (κ3) is 4.36. The minimum absolute atomic E-state index is 0.0884. The molecule has 6 nitrogen and oxygen atoms in total. The fourth-order valence-corrected chi connectivity index (χ4v) is 3.02. The number of carbonyl (C=O) groups is 2. The van der Waals surface area contributed by atoms with Gasteiger partial charge in [-0.1, -0.05) is 23.4 Å². The lowest BCUT2D eigenvalue weighted by Crippen LogP contribution is -2.21. The number of aromatic nitrogens is 1. The van der Waals surface area contributed by atoms with Crippen molar-refractivity contribution in [1.29, 1.82) is 0 Å². The average Bonchev–Trinajstić information content (AvgIpc) is 3.02. The van der Waals surface area contributed by atoms with Crippen molar-refractivity contribution in [1.82, 2.24) is 9.88 Å². The minimum atomic E-state index is -0.193. The number of nitrogens with one attached hydrogen (secondary N) is 1. The fourth-order valence-electron chi connectivity index (χ4n) is 2.22. The largest absolute Gasteiger partial charge is 0.431 e. The molecule has 1 heterocycles. The van der Waals surface area contributed by atoms with Crippen molar-refractivity contribution in [3.63, 3.8) is 0 Å². The summed E-state index contributed by atoms with van der Waals surface area (Å²) in [6.45, 7) is 0. The van der Waals surface area contributed by atoms with Crippen molar-refractivity contribution >= 4 is 52.0 Å². The molecule has 0 saturated heterocycles. The van der Waals surface area contributed by atoms with Crippen molar-refractivity contribution in [2.75, 3.05) is 25.2 Å². The summed E-state index contributed by atoms with van der Waals surface area (Å²) in [6, 6.07) is 11.9. The molecule has 0 unspecified atom stereocenters. The highest BCUT2D eigenvalue weighted by atomic mass is 35.5. The first-order valence-corrected chi connectivity index (χ1v) is 9.09. The highest BCUT2D eigenvalue weighted by molar-refractivity contribution is 7.99. The molecular formula is C18H16ClN3O3S. The van der Waals surface area contributed by atoms with Crippen LogP contribution in [0.3, 0.4) is 0 Å². The topological polar surface area (TPSA) is 75.4 Å². The Morgan fingerprint density at radius 1 is 1.19 bits per heavy atom. The van der Waals surface area contributed by atoms with Gasteiger partial charge in [-0.2, -0.15) is 0 Å². The number of thioether (sulfide) groups is 1. The number of fused-ring (bicyclic) bond motifs is 1. The van der Waals surface area contributed by atoms with E-state index >= 15 is 0 Å². The second-order valence-corrected chi connectivity index (χ2v) is 7.07. The Morgan fingerprint density at radius 2 is 1.92 bits per heavy atom. The number of nitrogens with zero attached hydrogens (tertiary/aromatic N) is 2. The Kier molecular flexibility index (Phi) is 5.49. The Balaban J connectivity index is 1.57. The molecule has 0 aliphatic rings. The zero-order chi connectivity index (χ0) is 18.7. The lowest BCUT2D eigenvalue weighted by atomic mass is 10.2. The molecule has 3 aromatic rings. The number of amides is 2. The van der Waals surface area contributed by atoms with Crippen LogP contribution >= 0.6 is 23.4 Å². The van der Waals surface area contributed by atoms with Crippen LogP contribution < -0.4 is 5.32 Å². The number of halogens is 1. The van der Waals surface area contributed by atoms with Gasteiger partial charge in [0.25, 0.3) is 11.1 Å². The third-order valence-corrected chi connectivity index (χ3v) is 4.54. The quantitative estimate of drug-likeness (QED) is 0.669. The maximum Gasteiger partial charge on any atom is 0.257 e. The zero-order valence-electron chi connectivity index (χ0n) is 14.2. The van der Waals surface area contributed by atoms with Crippen molar-refractivity contribution in [2.24, 2.45) is 0 Å². The van der Waals surface area contributed by atoms with Crippen LogP contribution in [0.25, 0.3) is 11.1 Å². The molecule has 2 amide bonds. The van der Waals surface area contributed by atoms with Crippen LogP contribution in [0.5, 0.6) is 0 Å². The first kappa shape index (κ1) is 18.3. The number of hydrogen-bond acceptors (Lipinski definition) is 5. The van der Waals surface area contributed by atoms with E-state index in [1.165, 1.54) is 16.7 Å². The molecule has 1 N–H and O–H groups in total. The Hall–Kier alpha value is -2.51. The first-order valence-electron chi connectivity index (χ1n) is 7.73. The Morgan fingerprint density at radius 3 is 2.62 bits per heavy atom. The van der Waals surface area contributed by atoms with Crippen molar-refractivity contribution in [2.45, 2.75) is 5.22 Å². The lowest BCUT2D eigenvalue weighted by Gasteiger charge is -2.10. The number of rotatable bonds is 5. The van der Waals surface area contributed by atoms with Crippen LogP contribution in [0.15, 0.2) is 52.1 Å². The van der Waals surface area contributed by atoms with Crippen molar-refractivity contribution in [3.05, 3.63) is 53.1 Å². The molecule has 8 heteroatoms. The molecule has 0 atom stereocenters. The molecule has 1 aromatic heterocycles. The van der Waals surface area contributed by atoms with Gasteiger partial charge in [-0.3, -0.25) is 9.59 Å².